The van der Waals surface area contributed by atoms with E-state index in [0.717, 1.165) is 0 Å². The van der Waals surface area contributed by atoms with E-state index in [9.17, 15) is 4.79 Å². The Balaban J connectivity index is -0.0000000477. The second-order valence-corrected chi connectivity index (χ2v) is 2.86. The molecule has 8 heteroatoms. The average Bonchev–Trinajstić information content (AvgIpc) is 2.07. The monoisotopic (exact) mass is 279 g/mol. The minimum Gasteiger partial charge on any atom is -0.478 e. The summed E-state index contributed by atoms with van der Waals surface area (Å²) in [5.74, 6) is -0.848. The molecule has 0 fully saturated rings. The summed E-state index contributed by atoms with van der Waals surface area (Å²) < 4.78 is 0. The van der Waals surface area contributed by atoms with Gasteiger partial charge in [-0.1, -0.05) is 6.08 Å². The fraction of sp³-hybridized carbons (Fsp3) is 0.667. The Morgan fingerprint density at radius 2 is 1.47 bits per heavy atom. The molecule has 0 saturated carbocycles. The molecule has 0 aliphatic heterocycles. The number of rotatable bonds is 3. The molecular weight excluding hydrogens is 254 g/mol. The predicted octanol–water partition coefficient (Wildman–Crippen LogP) is -1.48. The largest absolute Gasteiger partial charge is 0.478 e. The molecule has 0 saturated heterocycles. The lowest BCUT2D eigenvalue weighted by molar-refractivity contribution is -0.132. The average molecular weight is 280 g/mol. The molecule has 1 atom stereocenters. The molecule has 0 spiro atoms. The van der Waals surface area contributed by atoms with Gasteiger partial charge in [-0.2, -0.15) is 0 Å². The second-order valence-electron chi connectivity index (χ2n) is 2.86. The maximum absolute atomic E-state index is 10.4. The van der Waals surface area contributed by atoms with Crippen LogP contribution in [0.3, 0.4) is 0 Å². The first-order valence-corrected chi connectivity index (χ1v) is 4.66. The van der Waals surface area contributed by atoms with Crippen LogP contribution in [-0.2, 0) is 4.79 Å². The van der Waals surface area contributed by atoms with Crippen molar-refractivity contribution in [2.75, 3.05) is 20.5 Å². The Bertz CT molecular complexity index is 186. The van der Waals surface area contributed by atoms with Gasteiger partial charge in [-0.25, -0.2) is 4.79 Å². The van der Waals surface area contributed by atoms with Crippen LogP contribution in [0.2, 0.25) is 0 Å². The molecule has 0 bridgehead atoms. The number of carboxylic acids is 1. The summed E-state index contributed by atoms with van der Waals surface area (Å²) in [4.78, 5) is 12.3. The first kappa shape index (κ1) is 36.0. The topological polar surface area (TPSA) is 167 Å². The van der Waals surface area contributed by atoms with Crippen molar-refractivity contribution in [3.05, 3.63) is 11.6 Å². The minimum absolute atomic E-state index is 0. The van der Waals surface area contributed by atoms with Gasteiger partial charge in [0.15, 0.2) is 0 Å². The van der Waals surface area contributed by atoms with Crippen LogP contribution < -0.4 is 0 Å². The van der Waals surface area contributed by atoms with Crippen LogP contribution in [0, 0.1) is 0 Å². The van der Waals surface area contributed by atoms with Crippen molar-refractivity contribution in [2.24, 2.45) is 0 Å². The van der Waals surface area contributed by atoms with E-state index in [1.165, 1.54) is 6.38 Å². The van der Waals surface area contributed by atoms with E-state index in [1.54, 1.807) is 13.0 Å². The summed E-state index contributed by atoms with van der Waals surface area (Å²) in [5, 5.41) is 8.53. The number of nitrogens with zero attached hydrogens (tertiary/aromatic N) is 1. The van der Waals surface area contributed by atoms with Crippen LogP contribution in [0.15, 0.2) is 11.6 Å². The first-order valence-electron chi connectivity index (χ1n) is 3.91. The van der Waals surface area contributed by atoms with Crippen molar-refractivity contribution in [1.29, 1.82) is 0 Å². The van der Waals surface area contributed by atoms with Gasteiger partial charge in [0.25, 0.3) is 0 Å². The maximum atomic E-state index is 10.4. The number of aliphatic carboxylic acids is 1. The van der Waals surface area contributed by atoms with Crippen molar-refractivity contribution in [1.82, 2.24) is 4.90 Å². The van der Waals surface area contributed by atoms with Crippen LogP contribution in [0.1, 0.15) is 13.8 Å². The third-order valence-electron chi connectivity index (χ3n) is 1.64. The number of carbonyl (C=O) groups is 1. The highest BCUT2D eigenvalue weighted by Crippen LogP contribution is 1.99. The fourth-order valence-corrected chi connectivity index (χ4v) is 0.582. The standard InChI is InChI=1S/C8H15NO2.CH3Cl.4H2O/c1-6(8(10)11)5-7(2)9(3)4;1-2;;;;/h5,7H,1-4H3,(H,10,11);1H3;4*1H2. The summed E-state index contributed by atoms with van der Waals surface area (Å²) in [6.45, 7) is 3.55. The molecular formula is C9H26ClNO6. The zero-order chi connectivity index (χ0) is 11.0. The zero-order valence-corrected chi connectivity index (χ0v) is 11.6. The quantitative estimate of drug-likeness (QED) is 0.492. The highest BCUT2D eigenvalue weighted by molar-refractivity contribution is 6.15. The number of likely N-dealkylation sites (N-methyl/N-ethyl adjacent to an activating group) is 1. The molecule has 1 unspecified atom stereocenters. The van der Waals surface area contributed by atoms with Crippen LogP contribution in [-0.4, -0.2) is 64.4 Å². The van der Waals surface area contributed by atoms with Gasteiger partial charge >= 0.3 is 5.97 Å². The number of alkyl halides is 1. The van der Waals surface area contributed by atoms with Crippen molar-refractivity contribution in [3.63, 3.8) is 0 Å². The summed E-state index contributed by atoms with van der Waals surface area (Å²) in [5.41, 5.74) is 0.395. The minimum atomic E-state index is -0.848. The van der Waals surface area contributed by atoms with Crippen molar-refractivity contribution < 1.29 is 31.8 Å². The van der Waals surface area contributed by atoms with Crippen LogP contribution >= 0.6 is 11.6 Å². The van der Waals surface area contributed by atoms with Crippen molar-refractivity contribution in [3.8, 4) is 0 Å². The molecule has 0 aromatic heterocycles. The molecule has 0 rings (SSSR count). The normalized spacial score (nSPS) is 10.2. The Morgan fingerprint density at radius 1 is 1.18 bits per heavy atom. The lowest BCUT2D eigenvalue weighted by Crippen LogP contribution is -2.23. The van der Waals surface area contributed by atoms with Gasteiger partial charge in [0.05, 0.1) is 0 Å². The van der Waals surface area contributed by atoms with Gasteiger partial charge in [0, 0.05) is 18.0 Å². The third-order valence-corrected chi connectivity index (χ3v) is 1.64. The van der Waals surface area contributed by atoms with E-state index in [4.69, 9.17) is 5.11 Å². The lowest BCUT2D eigenvalue weighted by atomic mass is 10.2. The number of carboxylic acid groups (broad SMARTS) is 1. The molecule has 110 valence electrons. The van der Waals surface area contributed by atoms with Gasteiger partial charge in [-0.05, 0) is 27.9 Å². The van der Waals surface area contributed by atoms with Gasteiger partial charge in [0.2, 0.25) is 0 Å². The Morgan fingerprint density at radius 3 is 1.65 bits per heavy atom. The van der Waals surface area contributed by atoms with Crippen molar-refractivity contribution >= 4 is 17.6 Å². The van der Waals surface area contributed by atoms with E-state index in [-0.39, 0.29) is 27.9 Å². The molecule has 0 aromatic carbocycles. The van der Waals surface area contributed by atoms with E-state index in [0.29, 0.717) is 5.57 Å². The molecule has 9 N–H and O–H groups in total. The lowest BCUT2D eigenvalue weighted by Gasteiger charge is -2.15. The second kappa shape index (κ2) is 20.7. The molecule has 7 nitrogen and oxygen atoms in total. The molecule has 0 aromatic rings. The van der Waals surface area contributed by atoms with Gasteiger partial charge in [-0.3, -0.25) is 0 Å². The number of hydrogen-bond donors (Lipinski definition) is 1. The van der Waals surface area contributed by atoms with Gasteiger partial charge in [0.1, 0.15) is 0 Å². The van der Waals surface area contributed by atoms with Gasteiger partial charge < -0.3 is 31.9 Å². The SMILES string of the molecule is CC(=CC(C)N(C)C)C(=O)O.CCl.O.O.O.O. The number of halogens is 1. The summed E-state index contributed by atoms with van der Waals surface area (Å²) >= 11 is 4.64. The van der Waals surface area contributed by atoms with E-state index >= 15 is 0 Å². The molecule has 0 heterocycles. The Labute approximate surface area is 107 Å². The maximum Gasteiger partial charge on any atom is 0.331 e. The third kappa shape index (κ3) is 21.2. The van der Waals surface area contributed by atoms with Crippen molar-refractivity contribution in [2.45, 2.75) is 19.9 Å². The van der Waals surface area contributed by atoms with Crippen LogP contribution in [0.25, 0.3) is 0 Å². The summed E-state index contributed by atoms with van der Waals surface area (Å²) in [6.07, 6.45) is 3.20. The molecule has 0 radical (unpaired) electrons. The highest BCUT2D eigenvalue weighted by Gasteiger charge is 2.04. The highest BCUT2D eigenvalue weighted by atomic mass is 35.5. The first-order chi connectivity index (χ1) is 5.95. The molecule has 0 aliphatic rings. The summed E-state index contributed by atoms with van der Waals surface area (Å²) in [7, 11) is 3.83. The van der Waals surface area contributed by atoms with E-state index in [1.807, 2.05) is 25.9 Å². The number of hydrogen-bond acceptors (Lipinski definition) is 2. The zero-order valence-electron chi connectivity index (χ0n) is 10.8. The van der Waals surface area contributed by atoms with E-state index in [2.05, 4.69) is 11.6 Å². The van der Waals surface area contributed by atoms with Crippen LogP contribution in [0.4, 0.5) is 0 Å². The van der Waals surface area contributed by atoms with Crippen LogP contribution in [0.5, 0.6) is 0 Å². The summed E-state index contributed by atoms with van der Waals surface area (Å²) in [6, 6.07) is 0.172. The fourth-order valence-electron chi connectivity index (χ4n) is 0.582. The molecule has 0 aliphatic carbocycles. The Kier molecular flexibility index (Phi) is 43.8. The molecule has 0 amide bonds. The molecule has 17 heavy (non-hydrogen) atoms. The predicted molar refractivity (Wildman–Crippen MR) is 70.8 cm³/mol. The van der Waals surface area contributed by atoms with Gasteiger partial charge in [-0.15, -0.1) is 11.6 Å². The van der Waals surface area contributed by atoms with E-state index < -0.39 is 5.97 Å². The smallest absolute Gasteiger partial charge is 0.331 e. The Hall–Kier alpha value is -0.700.